The minimum absolute atomic E-state index is 0.294. The Morgan fingerprint density at radius 1 is 0.667 bits per heavy atom. The number of rotatable bonds is 2. The van der Waals surface area contributed by atoms with Gasteiger partial charge in [0, 0.05) is 27.3 Å². The molecular formula is C26H15FN2O. The Kier molecular flexibility index (Phi) is 3.65. The van der Waals surface area contributed by atoms with Crippen LogP contribution in [0.3, 0.4) is 0 Å². The molecule has 30 heavy (non-hydrogen) atoms. The smallest absolute Gasteiger partial charge is 0.160 e. The first-order valence-corrected chi connectivity index (χ1v) is 9.71. The van der Waals surface area contributed by atoms with Gasteiger partial charge in [0.2, 0.25) is 0 Å². The largest absolute Gasteiger partial charge is 0.456 e. The molecule has 0 aliphatic carbocycles. The third kappa shape index (κ3) is 2.58. The van der Waals surface area contributed by atoms with Gasteiger partial charge in [-0.05, 0) is 30.3 Å². The first kappa shape index (κ1) is 16.9. The second-order valence-electron chi connectivity index (χ2n) is 7.20. The Hall–Kier alpha value is -4.05. The summed E-state index contributed by atoms with van der Waals surface area (Å²) in [5.74, 6) is 0.359. The van der Waals surface area contributed by atoms with Crippen LogP contribution < -0.4 is 0 Å². The number of halogens is 1. The van der Waals surface area contributed by atoms with Gasteiger partial charge in [-0.15, -0.1) is 0 Å². The predicted molar refractivity (Wildman–Crippen MR) is 118 cm³/mol. The molecule has 0 amide bonds. The van der Waals surface area contributed by atoms with Crippen molar-refractivity contribution in [2.24, 2.45) is 0 Å². The van der Waals surface area contributed by atoms with E-state index in [0.29, 0.717) is 17.0 Å². The van der Waals surface area contributed by atoms with Crippen molar-refractivity contribution in [3.8, 4) is 22.6 Å². The fraction of sp³-hybridized carbons (Fsp3) is 0. The molecule has 2 aromatic heterocycles. The zero-order valence-electron chi connectivity index (χ0n) is 15.8. The van der Waals surface area contributed by atoms with Crippen molar-refractivity contribution in [3.63, 3.8) is 0 Å². The molecule has 2 heterocycles. The van der Waals surface area contributed by atoms with E-state index in [1.165, 1.54) is 12.1 Å². The molecule has 0 saturated carbocycles. The monoisotopic (exact) mass is 390 g/mol. The van der Waals surface area contributed by atoms with Gasteiger partial charge >= 0.3 is 0 Å². The summed E-state index contributed by atoms with van der Waals surface area (Å²) in [7, 11) is 0. The Morgan fingerprint density at radius 3 is 2.40 bits per heavy atom. The molecule has 4 heteroatoms. The zero-order valence-corrected chi connectivity index (χ0v) is 15.8. The average Bonchev–Trinajstić information content (AvgIpc) is 3.17. The van der Waals surface area contributed by atoms with Crippen LogP contribution >= 0.6 is 0 Å². The average molecular weight is 390 g/mol. The number of benzene rings is 4. The van der Waals surface area contributed by atoms with E-state index in [2.05, 4.69) is 0 Å². The molecule has 142 valence electrons. The van der Waals surface area contributed by atoms with Crippen molar-refractivity contribution in [1.29, 1.82) is 0 Å². The lowest BCUT2D eigenvalue weighted by atomic mass is 10.00. The highest BCUT2D eigenvalue weighted by atomic mass is 19.1. The molecule has 4 aromatic carbocycles. The predicted octanol–water partition coefficient (Wildman–Crippen LogP) is 7.00. The number of fused-ring (bicyclic) bond motifs is 4. The summed E-state index contributed by atoms with van der Waals surface area (Å²) in [5, 5.41) is 2.54. The van der Waals surface area contributed by atoms with Crippen LogP contribution in [0.15, 0.2) is 95.4 Å². The summed E-state index contributed by atoms with van der Waals surface area (Å²) in [5.41, 5.74) is 4.86. The van der Waals surface area contributed by atoms with E-state index in [1.807, 2.05) is 72.8 Å². The molecule has 0 spiro atoms. The Morgan fingerprint density at radius 2 is 1.50 bits per heavy atom. The van der Waals surface area contributed by atoms with E-state index in [-0.39, 0.29) is 5.82 Å². The van der Waals surface area contributed by atoms with Crippen LogP contribution in [0.4, 0.5) is 4.39 Å². The molecule has 0 N–H and O–H groups in total. The molecule has 0 aliphatic heterocycles. The zero-order chi connectivity index (χ0) is 20.1. The second kappa shape index (κ2) is 6.49. The second-order valence-corrected chi connectivity index (χ2v) is 7.20. The molecule has 6 rings (SSSR count). The molecule has 0 atom stereocenters. The summed E-state index contributed by atoms with van der Waals surface area (Å²) in [4.78, 5) is 9.74. The number of para-hydroxylation sites is 1. The van der Waals surface area contributed by atoms with Crippen molar-refractivity contribution in [1.82, 2.24) is 9.97 Å². The number of furan rings is 1. The van der Waals surface area contributed by atoms with E-state index in [9.17, 15) is 4.39 Å². The summed E-state index contributed by atoms with van der Waals surface area (Å²) < 4.78 is 20.0. The van der Waals surface area contributed by atoms with Gasteiger partial charge in [0.15, 0.2) is 5.82 Å². The van der Waals surface area contributed by atoms with Crippen LogP contribution in [0.5, 0.6) is 0 Å². The maximum absolute atomic E-state index is 14.0. The van der Waals surface area contributed by atoms with Crippen molar-refractivity contribution >= 4 is 32.8 Å². The quantitative estimate of drug-likeness (QED) is 0.319. The van der Waals surface area contributed by atoms with Crippen molar-refractivity contribution in [2.45, 2.75) is 0 Å². The van der Waals surface area contributed by atoms with E-state index >= 15 is 0 Å². The minimum Gasteiger partial charge on any atom is -0.456 e. The van der Waals surface area contributed by atoms with Gasteiger partial charge in [-0.3, -0.25) is 0 Å². The summed E-state index contributed by atoms with van der Waals surface area (Å²) in [6.07, 6.45) is 0. The van der Waals surface area contributed by atoms with Crippen LogP contribution in [0, 0.1) is 5.82 Å². The van der Waals surface area contributed by atoms with E-state index in [0.717, 1.165) is 38.5 Å². The lowest BCUT2D eigenvalue weighted by Crippen LogP contribution is -1.95. The number of aromatic nitrogens is 2. The van der Waals surface area contributed by atoms with Gasteiger partial charge in [0.25, 0.3) is 0 Å². The molecule has 0 unspecified atom stereocenters. The lowest BCUT2D eigenvalue weighted by molar-refractivity contribution is 0.626. The Balaban J connectivity index is 1.74. The highest BCUT2D eigenvalue weighted by molar-refractivity contribution is 6.14. The van der Waals surface area contributed by atoms with Crippen LogP contribution in [0.2, 0.25) is 0 Å². The maximum atomic E-state index is 14.0. The SMILES string of the molecule is Fc1ccc2oc3cccc(-c4nc(-c5ccccc5)nc5ccccc45)c3c2c1. The summed E-state index contributed by atoms with van der Waals surface area (Å²) in [6.45, 7) is 0. The lowest BCUT2D eigenvalue weighted by Gasteiger charge is -2.10. The van der Waals surface area contributed by atoms with Gasteiger partial charge in [-0.1, -0.05) is 60.7 Å². The third-order valence-corrected chi connectivity index (χ3v) is 5.35. The van der Waals surface area contributed by atoms with E-state index in [4.69, 9.17) is 14.4 Å². The Labute approximate surface area is 171 Å². The van der Waals surface area contributed by atoms with E-state index < -0.39 is 0 Å². The first-order chi connectivity index (χ1) is 14.8. The van der Waals surface area contributed by atoms with Gasteiger partial charge in [0.05, 0.1) is 11.2 Å². The van der Waals surface area contributed by atoms with Crippen LogP contribution in [-0.2, 0) is 0 Å². The van der Waals surface area contributed by atoms with Gasteiger partial charge in [-0.25, -0.2) is 14.4 Å². The molecule has 0 saturated heterocycles. The first-order valence-electron chi connectivity index (χ1n) is 9.71. The maximum Gasteiger partial charge on any atom is 0.160 e. The highest BCUT2D eigenvalue weighted by Crippen LogP contribution is 2.39. The van der Waals surface area contributed by atoms with Crippen molar-refractivity contribution in [2.75, 3.05) is 0 Å². The molecular weight excluding hydrogens is 375 g/mol. The van der Waals surface area contributed by atoms with Crippen molar-refractivity contribution < 1.29 is 8.81 Å². The fourth-order valence-electron chi connectivity index (χ4n) is 3.99. The molecule has 0 fully saturated rings. The highest BCUT2D eigenvalue weighted by Gasteiger charge is 2.17. The molecule has 6 aromatic rings. The van der Waals surface area contributed by atoms with Crippen LogP contribution in [0.1, 0.15) is 0 Å². The standard InChI is InChI=1S/C26H15FN2O/c27-17-13-14-22-20(15-17)24-19(10-6-12-23(24)30-22)25-18-9-4-5-11-21(18)28-26(29-25)16-7-2-1-3-8-16/h1-15H. The van der Waals surface area contributed by atoms with Crippen molar-refractivity contribution in [3.05, 3.63) is 96.8 Å². The molecule has 0 bridgehead atoms. The Bertz CT molecular complexity index is 1550. The third-order valence-electron chi connectivity index (χ3n) is 5.35. The number of nitrogens with zero attached hydrogens (tertiary/aromatic N) is 2. The van der Waals surface area contributed by atoms with Crippen LogP contribution in [0.25, 0.3) is 55.5 Å². The fourth-order valence-corrected chi connectivity index (χ4v) is 3.99. The van der Waals surface area contributed by atoms with Gasteiger partial charge in [0.1, 0.15) is 17.0 Å². The summed E-state index contributed by atoms with van der Waals surface area (Å²) >= 11 is 0. The molecule has 0 radical (unpaired) electrons. The topological polar surface area (TPSA) is 38.9 Å². The molecule has 0 aliphatic rings. The molecule has 3 nitrogen and oxygen atoms in total. The number of hydrogen-bond acceptors (Lipinski definition) is 3. The van der Waals surface area contributed by atoms with Gasteiger partial charge < -0.3 is 4.42 Å². The van der Waals surface area contributed by atoms with E-state index in [1.54, 1.807) is 6.07 Å². The number of hydrogen-bond donors (Lipinski definition) is 0. The normalized spacial score (nSPS) is 11.5. The van der Waals surface area contributed by atoms with Gasteiger partial charge in [-0.2, -0.15) is 0 Å². The van der Waals surface area contributed by atoms with Crippen LogP contribution in [-0.4, -0.2) is 9.97 Å². The minimum atomic E-state index is -0.294. The summed E-state index contributed by atoms with van der Waals surface area (Å²) in [6, 6.07) is 28.3.